The Balaban J connectivity index is 2.27. The van der Waals surface area contributed by atoms with Crippen molar-refractivity contribution in [3.05, 3.63) is 29.8 Å². The number of hydrogen-bond donors (Lipinski definition) is 2. The van der Waals surface area contributed by atoms with Crippen LogP contribution in [0.15, 0.2) is 24.3 Å². The van der Waals surface area contributed by atoms with Crippen molar-refractivity contribution in [2.75, 3.05) is 5.32 Å². The molecule has 0 heterocycles. The molecular weight excluding hydrogens is 248 g/mol. The van der Waals surface area contributed by atoms with Gasteiger partial charge >= 0.3 is 0 Å². The van der Waals surface area contributed by atoms with Gasteiger partial charge in [-0.25, -0.2) is 0 Å². The number of aryl methyl sites for hydroxylation is 1. The standard InChI is InChI=1S/C17H26N2O/c1-13-7-4-5-8-14(13)19-17(15(18)20)10-6-9-16(2,3)11-12-17/h4-5,7-8,19H,6,9-12H2,1-3H3,(H2,18,20). The van der Waals surface area contributed by atoms with Crippen LogP contribution in [0.3, 0.4) is 0 Å². The zero-order valence-electron chi connectivity index (χ0n) is 12.8. The largest absolute Gasteiger partial charge is 0.371 e. The van der Waals surface area contributed by atoms with Gasteiger partial charge in [0.15, 0.2) is 0 Å². The van der Waals surface area contributed by atoms with E-state index in [4.69, 9.17) is 5.73 Å². The molecule has 2 rings (SSSR count). The van der Waals surface area contributed by atoms with Crippen LogP contribution in [0, 0.1) is 12.3 Å². The van der Waals surface area contributed by atoms with Crippen LogP contribution in [0.4, 0.5) is 5.69 Å². The molecule has 1 fully saturated rings. The first-order chi connectivity index (χ1) is 9.35. The summed E-state index contributed by atoms with van der Waals surface area (Å²) in [5, 5.41) is 3.47. The average Bonchev–Trinajstić information content (AvgIpc) is 2.52. The van der Waals surface area contributed by atoms with Gasteiger partial charge in [-0.3, -0.25) is 4.79 Å². The SMILES string of the molecule is Cc1ccccc1NC1(C(N)=O)CCCC(C)(C)CC1. The summed E-state index contributed by atoms with van der Waals surface area (Å²) in [5.41, 5.74) is 7.62. The van der Waals surface area contributed by atoms with Crippen molar-refractivity contribution >= 4 is 11.6 Å². The van der Waals surface area contributed by atoms with E-state index in [0.717, 1.165) is 43.4 Å². The molecule has 20 heavy (non-hydrogen) atoms. The van der Waals surface area contributed by atoms with E-state index in [-0.39, 0.29) is 5.91 Å². The Bertz CT molecular complexity index is 496. The predicted molar refractivity (Wildman–Crippen MR) is 83.6 cm³/mol. The number of carbonyl (C=O) groups is 1. The summed E-state index contributed by atoms with van der Waals surface area (Å²) in [6, 6.07) is 8.08. The molecule has 1 atom stereocenters. The van der Waals surface area contributed by atoms with Crippen molar-refractivity contribution in [3.63, 3.8) is 0 Å². The monoisotopic (exact) mass is 274 g/mol. The molecule has 0 aliphatic heterocycles. The molecular formula is C17H26N2O. The second-order valence-corrected chi connectivity index (χ2v) is 6.90. The molecule has 1 aliphatic carbocycles. The van der Waals surface area contributed by atoms with Crippen molar-refractivity contribution in [1.82, 2.24) is 0 Å². The van der Waals surface area contributed by atoms with Crippen molar-refractivity contribution in [2.24, 2.45) is 11.1 Å². The number of para-hydroxylation sites is 1. The fraction of sp³-hybridized carbons (Fsp3) is 0.588. The van der Waals surface area contributed by atoms with Crippen LogP contribution in [0.25, 0.3) is 0 Å². The van der Waals surface area contributed by atoms with Gasteiger partial charge in [0.05, 0.1) is 0 Å². The number of anilines is 1. The first kappa shape index (κ1) is 14.9. The third-order valence-corrected chi connectivity index (χ3v) is 4.68. The predicted octanol–water partition coefficient (Wildman–Crippen LogP) is 3.62. The maximum absolute atomic E-state index is 12.1. The first-order valence-corrected chi connectivity index (χ1v) is 7.48. The average molecular weight is 274 g/mol. The number of benzene rings is 1. The highest BCUT2D eigenvalue weighted by atomic mass is 16.1. The summed E-state index contributed by atoms with van der Waals surface area (Å²) < 4.78 is 0. The number of nitrogens with two attached hydrogens (primary N) is 1. The third kappa shape index (κ3) is 3.14. The number of hydrogen-bond acceptors (Lipinski definition) is 2. The normalized spacial score (nSPS) is 25.8. The molecule has 0 saturated heterocycles. The van der Waals surface area contributed by atoms with Gasteiger partial charge in [0, 0.05) is 5.69 Å². The molecule has 1 amide bonds. The summed E-state index contributed by atoms with van der Waals surface area (Å²) in [7, 11) is 0. The molecule has 1 aromatic carbocycles. The van der Waals surface area contributed by atoms with Crippen LogP contribution in [0.1, 0.15) is 51.5 Å². The Morgan fingerprint density at radius 2 is 1.85 bits per heavy atom. The molecule has 3 nitrogen and oxygen atoms in total. The Kier molecular flexibility index (Phi) is 4.07. The zero-order valence-corrected chi connectivity index (χ0v) is 12.8. The van der Waals surface area contributed by atoms with E-state index in [9.17, 15) is 4.79 Å². The minimum absolute atomic E-state index is 0.224. The molecule has 0 radical (unpaired) electrons. The number of carbonyl (C=O) groups excluding carboxylic acids is 1. The number of nitrogens with one attached hydrogen (secondary N) is 1. The van der Waals surface area contributed by atoms with E-state index in [2.05, 4.69) is 32.2 Å². The van der Waals surface area contributed by atoms with Gasteiger partial charge in [-0.2, -0.15) is 0 Å². The number of amides is 1. The quantitative estimate of drug-likeness (QED) is 0.827. The molecule has 1 aliphatic rings. The lowest BCUT2D eigenvalue weighted by Gasteiger charge is -2.33. The summed E-state index contributed by atoms with van der Waals surface area (Å²) in [5.74, 6) is -0.224. The lowest BCUT2D eigenvalue weighted by atomic mass is 9.83. The molecule has 3 N–H and O–H groups in total. The smallest absolute Gasteiger partial charge is 0.243 e. The number of rotatable bonds is 3. The van der Waals surface area contributed by atoms with E-state index >= 15 is 0 Å². The van der Waals surface area contributed by atoms with Crippen LogP contribution in [0.2, 0.25) is 0 Å². The third-order valence-electron chi connectivity index (χ3n) is 4.68. The summed E-state index contributed by atoms with van der Waals surface area (Å²) in [6.07, 6.45) is 4.84. The van der Waals surface area contributed by atoms with Crippen molar-refractivity contribution < 1.29 is 4.79 Å². The minimum Gasteiger partial charge on any atom is -0.371 e. The highest BCUT2D eigenvalue weighted by Crippen LogP contribution is 2.39. The Hall–Kier alpha value is -1.51. The Morgan fingerprint density at radius 3 is 2.50 bits per heavy atom. The van der Waals surface area contributed by atoms with Gasteiger partial charge < -0.3 is 11.1 Å². The molecule has 0 bridgehead atoms. The van der Waals surface area contributed by atoms with Crippen LogP contribution < -0.4 is 11.1 Å². The van der Waals surface area contributed by atoms with Crippen LogP contribution in [0.5, 0.6) is 0 Å². The van der Waals surface area contributed by atoms with E-state index in [1.165, 1.54) is 0 Å². The minimum atomic E-state index is -0.597. The van der Waals surface area contributed by atoms with Gasteiger partial charge in [0.2, 0.25) is 5.91 Å². The van der Waals surface area contributed by atoms with E-state index in [0.29, 0.717) is 5.41 Å². The highest BCUT2D eigenvalue weighted by molar-refractivity contribution is 5.88. The second-order valence-electron chi connectivity index (χ2n) is 6.90. The summed E-state index contributed by atoms with van der Waals surface area (Å²) >= 11 is 0. The highest BCUT2D eigenvalue weighted by Gasteiger charge is 2.40. The van der Waals surface area contributed by atoms with Crippen LogP contribution >= 0.6 is 0 Å². The molecule has 1 saturated carbocycles. The second kappa shape index (κ2) is 5.47. The van der Waals surface area contributed by atoms with Gasteiger partial charge in [-0.15, -0.1) is 0 Å². The van der Waals surface area contributed by atoms with Gasteiger partial charge in [0.25, 0.3) is 0 Å². The lowest BCUT2D eigenvalue weighted by molar-refractivity contribution is -0.122. The maximum atomic E-state index is 12.1. The van der Waals surface area contributed by atoms with Crippen LogP contribution in [-0.2, 0) is 4.79 Å². The van der Waals surface area contributed by atoms with Gasteiger partial charge in [0.1, 0.15) is 5.54 Å². The van der Waals surface area contributed by atoms with Crippen LogP contribution in [-0.4, -0.2) is 11.4 Å². The maximum Gasteiger partial charge on any atom is 0.243 e. The fourth-order valence-electron chi connectivity index (χ4n) is 3.07. The molecule has 0 spiro atoms. The Labute approximate surface area is 121 Å². The lowest BCUT2D eigenvalue weighted by Crippen LogP contribution is -2.50. The molecule has 110 valence electrons. The zero-order chi connectivity index (χ0) is 14.8. The van der Waals surface area contributed by atoms with Crippen molar-refractivity contribution in [2.45, 2.75) is 58.4 Å². The van der Waals surface area contributed by atoms with Crippen molar-refractivity contribution in [3.8, 4) is 0 Å². The number of primary amides is 1. The van der Waals surface area contributed by atoms with E-state index in [1.807, 2.05) is 18.2 Å². The molecule has 0 aromatic heterocycles. The Morgan fingerprint density at radius 1 is 1.15 bits per heavy atom. The fourth-order valence-corrected chi connectivity index (χ4v) is 3.07. The topological polar surface area (TPSA) is 55.1 Å². The first-order valence-electron chi connectivity index (χ1n) is 7.48. The molecule has 1 unspecified atom stereocenters. The molecule has 1 aromatic rings. The van der Waals surface area contributed by atoms with E-state index in [1.54, 1.807) is 0 Å². The van der Waals surface area contributed by atoms with Crippen molar-refractivity contribution in [1.29, 1.82) is 0 Å². The molecule has 3 heteroatoms. The van der Waals surface area contributed by atoms with Gasteiger partial charge in [-0.05, 0) is 49.7 Å². The summed E-state index contributed by atoms with van der Waals surface area (Å²) in [6.45, 7) is 6.60. The summed E-state index contributed by atoms with van der Waals surface area (Å²) in [4.78, 5) is 12.1. The van der Waals surface area contributed by atoms with Gasteiger partial charge in [-0.1, -0.05) is 38.5 Å². The van der Waals surface area contributed by atoms with E-state index < -0.39 is 5.54 Å².